The smallest absolute Gasteiger partial charge is 0.259 e. The molecule has 0 aromatic heterocycles. The summed E-state index contributed by atoms with van der Waals surface area (Å²) in [5, 5.41) is 0. The number of amides is 1. The maximum atomic E-state index is 13.7. The number of guanidine groups is 1. The number of benzene rings is 2. The van der Waals surface area contributed by atoms with Crippen LogP contribution in [0, 0.1) is 0 Å². The van der Waals surface area contributed by atoms with Crippen molar-refractivity contribution in [2.24, 2.45) is 4.99 Å². The molecule has 0 spiro atoms. The van der Waals surface area contributed by atoms with Gasteiger partial charge in [-0.25, -0.2) is 9.89 Å². The number of aliphatic imine (C=N–C) groups is 1. The first-order valence-electron chi connectivity index (χ1n) is 12.8. The lowest BCUT2D eigenvalue weighted by Gasteiger charge is -2.41. The average molecular weight is 445 g/mol. The van der Waals surface area contributed by atoms with Gasteiger partial charge in [0.25, 0.3) is 5.91 Å². The molecule has 0 bridgehead atoms. The Hall–Kier alpha value is -2.66. The van der Waals surface area contributed by atoms with Gasteiger partial charge in [0.2, 0.25) is 5.96 Å². The highest BCUT2D eigenvalue weighted by Crippen LogP contribution is 2.29. The van der Waals surface area contributed by atoms with Crippen molar-refractivity contribution in [2.75, 3.05) is 31.1 Å². The number of carbonyl (C=O) groups excluding carboxylic acids is 1. The van der Waals surface area contributed by atoms with E-state index in [1.807, 2.05) is 23.1 Å². The standard InChI is InChI=1S/C28H36N4O/c1-2-22-12-9-13-25(20-22)32-27(33)26(21-23-10-5-3-6-11-23)29-28(32)31-18-14-24(15-19-31)30-16-7-4-8-17-30/h3,5-6,9-13,20,24,26H,2,4,7-8,14-19,21H2,1H3. The largest absolute Gasteiger partial charge is 0.342 e. The summed E-state index contributed by atoms with van der Waals surface area (Å²) in [5.74, 6) is 0.950. The molecule has 0 aliphatic carbocycles. The molecule has 33 heavy (non-hydrogen) atoms. The van der Waals surface area contributed by atoms with Gasteiger partial charge in [-0.3, -0.25) is 4.79 Å². The second-order valence-corrected chi connectivity index (χ2v) is 9.65. The monoisotopic (exact) mass is 444 g/mol. The van der Waals surface area contributed by atoms with Crippen LogP contribution in [0.3, 0.4) is 0 Å². The Morgan fingerprint density at radius 3 is 2.33 bits per heavy atom. The fourth-order valence-electron chi connectivity index (χ4n) is 5.57. The number of hydrogen-bond acceptors (Lipinski definition) is 4. The Morgan fingerprint density at radius 1 is 0.879 bits per heavy atom. The summed E-state index contributed by atoms with van der Waals surface area (Å²) in [6, 6.07) is 19.0. The van der Waals surface area contributed by atoms with E-state index < -0.39 is 0 Å². The normalized spacial score (nSPS) is 22.6. The molecule has 3 aliphatic rings. The topological polar surface area (TPSA) is 39.2 Å². The zero-order valence-corrected chi connectivity index (χ0v) is 19.8. The fourth-order valence-corrected chi connectivity index (χ4v) is 5.57. The van der Waals surface area contributed by atoms with Gasteiger partial charge in [0.15, 0.2) is 0 Å². The number of rotatable bonds is 5. The van der Waals surface area contributed by atoms with E-state index in [-0.39, 0.29) is 11.9 Å². The summed E-state index contributed by atoms with van der Waals surface area (Å²) >= 11 is 0. The summed E-state index contributed by atoms with van der Waals surface area (Å²) in [7, 11) is 0. The van der Waals surface area contributed by atoms with Gasteiger partial charge in [-0.1, -0.05) is 55.8 Å². The molecule has 5 heteroatoms. The molecule has 0 radical (unpaired) electrons. The number of nitrogens with zero attached hydrogens (tertiary/aromatic N) is 4. The van der Waals surface area contributed by atoms with E-state index in [2.05, 4.69) is 53.1 Å². The number of likely N-dealkylation sites (tertiary alicyclic amines) is 2. The summed E-state index contributed by atoms with van der Waals surface area (Å²) in [5.41, 5.74) is 3.36. The van der Waals surface area contributed by atoms with Crippen LogP contribution in [0.25, 0.3) is 0 Å². The predicted molar refractivity (Wildman–Crippen MR) is 135 cm³/mol. The van der Waals surface area contributed by atoms with Gasteiger partial charge in [0.1, 0.15) is 6.04 Å². The van der Waals surface area contributed by atoms with Crippen molar-refractivity contribution in [2.45, 2.75) is 64.0 Å². The van der Waals surface area contributed by atoms with Gasteiger partial charge < -0.3 is 9.80 Å². The molecule has 2 aromatic carbocycles. The molecule has 2 saturated heterocycles. The lowest BCUT2D eigenvalue weighted by atomic mass is 10.00. The summed E-state index contributed by atoms with van der Waals surface area (Å²) < 4.78 is 0. The molecule has 2 aromatic rings. The highest BCUT2D eigenvalue weighted by molar-refractivity contribution is 6.22. The molecule has 174 valence electrons. The van der Waals surface area contributed by atoms with Crippen molar-refractivity contribution in [1.29, 1.82) is 0 Å². The molecular formula is C28H36N4O. The third-order valence-corrected chi connectivity index (χ3v) is 7.48. The molecular weight excluding hydrogens is 408 g/mol. The molecule has 2 fully saturated rings. The molecule has 1 amide bonds. The van der Waals surface area contributed by atoms with Crippen LogP contribution >= 0.6 is 0 Å². The van der Waals surface area contributed by atoms with Crippen molar-refractivity contribution < 1.29 is 4.79 Å². The molecule has 3 heterocycles. The van der Waals surface area contributed by atoms with E-state index in [0.717, 1.165) is 49.6 Å². The molecule has 1 atom stereocenters. The number of carbonyl (C=O) groups is 1. The molecule has 0 saturated carbocycles. The third-order valence-electron chi connectivity index (χ3n) is 7.48. The Labute approximate surface area is 198 Å². The van der Waals surface area contributed by atoms with E-state index in [9.17, 15) is 4.79 Å². The number of aryl methyl sites for hydroxylation is 1. The minimum Gasteiger partial charge on any atom is -0.342 e. The highest BCUT2D eigenvalue weighted by Gasteiger charge is 2.39. The van der Waals surface area contributed by atoms with Gasteiger partial charge in [-0.15, -0.1) is 0 Å². The van der Waals surface area contributed by atoms with E-state index in [1.54, 1.807) is 0 Å². The van der Waals surface area contributed by atoms with Gasteiger partial charge in [0, 0.05) is 25.6 Å². The highest BCUT2D eigenvalue weighted by atomic mass is 16.2. The third kappa shape index (κ3) is 4.84. The van der Waals surface area contributed by atoms with Crippen molar-refractivity contribution in [1.82, 2.24) is 9.80 Å². The average Bonchev–Trinajstić information content (AvgIpc) is 3.21. The van der Waals surface area contributed by atoms with E-state index in [4.69, 9.17) is 4.99 Å². The van der Waals surface area contributed by atoms with Crippen LogP contribution < -0.4 is 4.90 Å². The number of piperidine rings is 2. The number of anilines is 1. The van der Waals surface area contributed by atoms with Crippen LogP contribution in [0.4, 0.5) is 5.69 Å². The van der Waals surface area contributed by atoms with Crippen LogP contribution in [-0.2, 0) is 17.6 Å². The van der Waals surface area contributed by atoms with E-state index in [1.165, 1.54) is 37.9 Å². The molecule has 5 rings (SSSR count). The Morgan fingerprint density at radius 2 is 1.61 bits per heavy atom. The van der Waals surface area contributed by atoms with Crippen molar-refractivity contribution in [3.8, 4) is 0 Å². The van der Waals surface area contributed by atoms with Gasteiger partial charge >= 0.3 is 0 Å². The van der Waals surface area contributed by atoms with Crippen LogP contribution in [0.1, 0.15) is 50.2 Å². The second-order valence-electron chi connectivity index (χ2n) is 9.65. The fraction of sp³-hybridized carbons (Fsp3) is 0.500. The molecule has 3 aliphatic heterocycles. The second kappa shape index (κ2) is 10.1. The summed E-state index contributed by atoms with van der Waals surface area (Å²) in [4.78, 5) is 25.7. The Kier molecular flexibility index (Phi) is 6.77. The van der Waals surface area contributed by atoms with Crippen LogP contribution in [0.2, 0.25) is 0 Å². The van der Waals surface area contributed by atoms with E-state index in [0.29, 0.717) is 12.5 Å². The van der Waals surface area contributed by atoms with Gasteiger partial charge in [-0.2, -0.15) is 0 Å². The lowest BCUT2D eigenvalue weighted by molar-refractivity contribution is -0.118. The maximum absolute atomic E-state index is 13.7. The van der Waals surface area contributed by atoms with E-state index >= 15 is 0 Å². The lowest BCUT2D eigenvalue weighted by Crippen LogP contribution is -2.52. The molecule has 1 unspecified atom stereocenters. The zero-order valence-electron chi connectivity index (χ0n) is 19.8. The maximum Gasteiger partial charge on any atom is 0.259 e. The molecule has 5 nitrogen and oxygen atoms in total. The summed E-state index contributed by atoms with van der Waals surface area (Å²) in [6.07, 6.45) is 7.96. The minimum atomic E-state index is -0.354. The minimum absolute atomic E-state index is 0.0975. The first kappa shape index (κ1) is 22.1. The van der Waals surface area contributed by atoms with Crippen molar-refractivity contribution in [3.63, 3.8) is 0 Å². The van der Waals surface area contributed by atoms with Crippen LogP contribution in [0.15, 0.2) is 59.6 Å². The first-order chi connectivity index (χ1) is 16.2. The molecule has 0 N–H and O–H groups in total. The quantitative estimate of drug-likeness (QED) is 0.681. The Balaban J connectivity index is 1.37. The number of hydrogen-bond donors (Lipinski definition) is 0. The Bertz CT molecular complexity index is 974. The van der Waals surface area contributed by atoms with Gasteiger partial charge in [-0.05, 0) is 68.5 Å². The first-order valence-corrected chi connectivity index (χ1v) is 12.8. The van der Waals surface area contributed by atoms with Gasteiger partial charge in [0.05, 0.1) is 5.69 Å². The van der Waals surface area contributed by atoms with Crippen LogP contribution in [-0.4, -0.2) is 59.9 Å². The van der Waals surface area contributed by atoms with Crippen LogP contribution in [0.5, 0.6) is 0 Å². The zero-order chi connectivity index (χ0) is 22.6. The predicted octanol–water partition coefficient (Wildman–Crippen LogP) is 4.51. The SMILES string of the molecule is CCc1cccc(N2C(=O)C(Cc3ccccc3)N=C2N2CCC(N3CCCCC3)CC2)c1. The van der Waals surface area contributed by atoms with Crippen molar-refractivity contribution >= 4 is 17.6 Å². The van der Waals surface area contributed by atoms with Crippen molar-refractivity contribution in [3.05, 3.63) is 65.7 Å². The summed E-state index contributed by atoms with van der Waals surface area (Å²) in [6.45, 7) is 6.59.